The van der Waals surface area contributed by atoms with E-state index in [0.717, 1.165) is 36.0 Å². The second kappa shape index (κ2) is 5.16. The van der Waals surface area contributed by atoms with Crippen LogP contribution in [-0.4, -0.2) is 23.6 Å². The predicted octanol–water partition coefficient (Wildman–Crippen LogP) is 0.856. The van der Waals surface area contributed by atoms with Crippen molar-refractivity contribution in [2.75, 3.05) is 13.6 Å². The van der Waals surface area contributed by atoms with Crippen LogP contribution in [0.5, 0.6) is 0 Å². The minimum atomic E-state index is -0.180. The summed E-state index contributed by atoms with van der Waals surface area (Å²) in [6.07, 6.45) is 1.97. The van der Waals surface area contributed by atoms with Crippen molar-refractivity contribution < 1.29 is 0 Å². The molecule has 1 unspecified atom stereocenters. The zero-order valence-corrected chi connectivity index (χ0v) is 9.92. The Morgan fingerprint density at radius 3 is 2.88 bits per heavy atom. The fourth-order valence-electron chi connectivity index (χ4n) is 1.95. The van der Waals surface area contributed by atoms with E-state index in [2.05, 4.69) is 15.3 Å². The molecule has 0 saturated carbocycles. The molecule has 0 aliphatic carbocycles. The molecule has 92 valence electrons. The zero-order valence-electron chi connectivity index (χ0n) is 9.92. The molecule has 0 bridgehead atoms. The van der Waals surface area contributed by atoms with Gasteiger partial charge in [-0.1, -0.05) is 6.07 Å². The molecule has 2 rings (SSSR count). The Hall–Kier alpha value is -1.59. The maximum Gasteiger partial charge on any atom is 0.323 e. The minimum Gasteiger partial charge on any atom is -0.324 e. The summed E-state index contributed by atoms with van der Waals surface area (Å²) in [6, 6.07) is 5.82. The van der Waals surface area contributed by atoms with Gasteiger partial charge in [0.2, 0.25) is 0 Å². The topological polar surface area (TPSA) is 86.7 Å². The molecule has 1 aromatic heterocycles. The number of benzene rings is 1. The smallest absolute Gasteiger partial charge is 0.323 e. The van der Waals surface area contributed by atoms with Gasteiger partial charge in [0.25, 0.3) is 0 Å². The highest BCUT2D eigenvalue weighted by atomic mass is 16.1. The van der Waals surface area contributed by atoms with E-state index in [4.69, 9.17) is 5.73 Å². The summed E-state index contributed by atoms with van der Waals surface area (Å²) < 4.78 is 0. The molecule has 5 N–H and O–H groups in total. The molecule has 0 saturated heterocycles. The number of H-pyrrole nitrogens is 2. The quantitative estimate of drug-likeness (QED) is 0.579. The Bertz CT molecular complexity index is 543. The third-order valence-corrected chi connectivity index (χ3v) is 2.91. The Morgan fingerprint density at radius 1 is 1.35 bits per heavy atom. The largest absolute Gasteiger partial charge is 0.324 e. The summed E-state index contributed by atoms with van der Waals surface area (Å²) in [5, 5.41) is 3.10. The summed E-state index contributed by atoms with van der Waals surface area (Å²) in [5.74, 6) is 0. The first kappa shape index (κ1) is 11.9. The lowest BCUT2D eigenvalue weighted by Gasteiger charge is -2.11. The summed E-state index contributed by atoms with van der Waals surface area (Å²) in [7, 11) is 1.93. The molecule has 0 amide bonds. The Kier molecular flexibility index (Phi) is 3.61. The molecule has 0 fully saturated rings. The average Bonchev–Trinajstić information content (AvgIpc) is 2.68. The van der Waals surface area contributed by atoms with Gasteiger partial charge in [0, 0.05) is 6.04 Å². The normalized spacial score (nSPS) is 13.1. The minimum absolute atomic E-state index is 0.0196. The summed E-state index contributed by atoms with van der Waals surface area (Å²) >= 11 is 0. The van der Waals surface area contributed by atoms with Crippen molar-refractivity contribution in [2.24, 2.45) is 5.73 Å². The summed E-state index contributed by atoms with van der Waals surface area (Å²) in [6.45, 7) is 0.969. The van der Waals surface area contributed by atoms with Crippen LogP contribution in [0.4, 0.5) is 0 Å². The Morgan fingerprint density at radius 2 is 2.12 bits per heavy atom. The molecule has 5 nitrogen and oxygen atoms in total. The van der Waals surface area contributed by atoms with Gasteiger partial charge in [-0.2, -0.15) is 0 Å². The van der Waals surface area contributed by atoms with Crippen LogP contribution in [0.25, 0.3) is 11.0 Å². The van der Waals surface area contributed by atoms with E-state index in [0.29, 0.717) is 0 Å². The Labute approximate surface area is 99.4 Å². The van der Waals surface area contributed by atoms with E-state index >= 15 is 0 Å². The van der Waals surface area contributed by atoms with Crippen LogP contribution >= 0.6 is 0 Å². The number of fused-ring (bicyclic) bond motifs is 1. The fourth-order valence-corrected chi connectivity index (χ4v) is 1.95. The molecular weight excluding hydrogens is 216 g/mol. The van der Waals surface area contributed by atoms with Crippen molar-refractivity contribution in [3.05, 3.63) is 34.2 Å². The van der Waals surface area contributed by atoms with E-state index in [1.165, 1.54) is 0 Å². The molecule has 0 spiro atoms. The second-order valence-electron chi connectivity index (χ2n) is 4.24. The highest BCUT2D eigenvalue weighted by Gasteiger charge is 2.07. The van der Waals surface area contributed by atoms with Crippen LogP contribution in [-0.2, 0) is 0 Å². The first-order valence-corrected chi connectivity index (χ1v) is 5.83. The van der Waals surface area contributed by atoms with E-state index in [-0.39, 0.29) is 11.7 Å². The van der Waals surface area contributed by atoms with Gasteiger partial charge in [-0.05, 0) is 44.1 Å². The van der Waals surface area contributed by atoms with Crippen molar-refractivity contribution in [2.45, 2.75) is 18.9 Å². The van der Waals surface area contributed by atoms with Crippen molar-refractivity contribution >= 4 is 11.0 Å². The number of imidazole rings is 1. The maximum atomic E-state index is 11.1. The SMILES string of the molecule is CNCCCC(N)c1ccc2[nH]c(=O)[nH]c2c1. The van der Waals surface area contributed by atoms with Gasteiger partial charge in [0.05, 0.1) is 11.0 Å². The molecule has 5 heteroatoms. The molecule has 1 aromatic carbocycles. The van der Waals surface area contributed by atoms with E-state index in [1.807, 2.05) is 25.2 Å². The first-order chi connectivity index (χ1) is 8.20. The monoisotopic (exact) mass is 234 g/mol. The van der Waals surface area contributed by atoms with Gasteiger partial charge >= 0.3 is 5.69 Å². The van der Waals surface area contributed by atoms with Gasteiger partial charge in [-0.25, -0.2) is 4.79 Å². The third-order valence-electron chi connectivity index (χ3n) is 2.91. The lowest BCUT2D eigenvalue weighted by Crippen LogP contribution is -2.14. The molecule has 2 aromatic rings. The average molecular weight is 234 g/mol. The molecule has 1 atom stereocenters. The number of rotatable bonds is 5. The van der Waals surface area contributed by atoms with Gasteiger partial charge in [-0.15, -0.1) is 0 Å². The van der Waals surface area contributed by atoms with Gasteiger partial charge in [0.15, 0.2) is 0 Å². The van der Waals surface area contributed by atoms with Crippen LogP contribution in [0.15, 0.2) is 23.0 Å². The number of nitrogens with one attached hydrogen (secondary N) is 3. The number of hydrogen-bond acceptors (Lipinski definition) is 3. The van der Waals surface area contributed by atoms with Crippen molar-refractivity contribution in [3.63, 3.8) is 0 Å². The van der Waals surface area contributed by atoms with Crippen molar-refractivity contribution in [1.82, 2.24) is 15.3 Å². The van der Waals surface area contributed by atoms with E-state index in [1.54, 1.807) is 0 Å². The molecule has 17 heavy (non-hydrogen) atoms. The Balaban J connectivity index is 2.14. The number of nitrogens with two attached hydrogens (primary N) is 1. The van der Waals surface area contributed by atoms with Crippen LogP contribution in [0.3, 0.4) is 0 Å². The van der Waals surface area contributed by atoms with Crippen LogP contribution in [0, 0.1) is 0 Å². The number of aromatic nitrogens is 2. The van der Waals surface area contributed by atoms with E-state index < -0.39 is 0 Å². The van der Waals surface area contributed by atoms with Gasteiger partial charge < -0.3 is 21.0 Å². The molecular formula is C12H18N4O. The summed E-state index contributed by atoms with van der Waals surface area (Å²) in [5.41, 5.74) is 8.62. The van der Waals surface area contributed by atoms with E-state index in [9.17, 15) is 4.79 Å². The third kappa shape index (κ3) is 2.75. The standard InChI is InChI=1S/C12H18N4O/c1-14-6-2-3-9(13)8-4-5-10-11(7-8)16-12(17)15-10/h4-5,7,9,14H,2-3,6,13H2,1H3,(H2,15,16,17). The first-order valence-electron chi connectivity index (χ1n) is 5.83. The van der Waals surface area contributed by atoms with Crippen LogP contribution in [0.1, 0.15) is 24.4 Å². The zero-order chi connectivity index (χ0) is 12.3. The molecule has 0 aliphatic rings. The van der Waals surface area contributed by atoms with Crippen LogP contribution < -0.4 is 16.7 Å². The lowest BCUT2D eigenvalue weighted by molar-refractivity contribution is 0.591. The van der Waals surface area contributed by atoms with Gasteiger partial charge in [0.1, 0.15) is 0 Å². The second-order valence-corrected chi connectivity index (χ2v) is 4.24. The summed E-state index contributed by atoms with van der Waals surface area (Å²) in [4.78, 5) is 16.6. The number of hydrogen-bond donors (Lipinski definition) is 4. The highest BCUT2D eigenvalue weighted by Crippen LogP contribution is 2.18. The highest BCUT2D eigenvalue weighted by molar-refractivity contribution is 5.75. The van der Waals surface area contributed by atoms with Crippen molar-refractivity contribution in [3.8, 4) is 0 Å². The molecule has 0 radical (unpaired) electrons. The maximum absolute atomic E-state index is 11.1. The molecule has 0 aliphatic heterocycles. The van der Waals surface area contributed by atoms with Gasteiger partial charge in [-0.3, -0.25) is 0 Å². The number of aromatic amines is 2. The van der Waals surface area contributed by atoms with Crippen molar-refractivity contribution in [1.29, 1.82) is 0 Å². The predicted molar refractivity (Wildman–Crippen MR) is 69.0 cm³/mol. The lowest BCUT2D eigenvalue weighted by atomic mass is 10.0. The fraction of sp³-hybridized carbons (Fsp3) is 0.417. The molecule has 1 heterocycles. The van der Waals surface area contributed by atoms with Crippen LogP contribution in [0.2, 0.25) is 0 Å².